The van der Waals surface area contributed by atoms with Crippen molar-refractivity contribution in [3.05, 3.63) is 59.4 Å². The Morgan fingerprint density at radius 2 is 1.86 bits per heavy atom. The highest BCUT2D eigenvalue weighted by Gasteiger charge is 2.19. The van der Waals surface area contributed by atoms with E-state index in [-0.39, 0.29) is 35.6 Å². The molecule has 1 aliphatic heterocycles. The molecule has 8 heteroatoms. The standard InChI is InChI=1S/C21H23N3O5/c1-2-28-21(27)15-8-3-4-9-16(15)24-20(26)18-11-5-10-17(23-18)19(25)22-13-14-7-6-12-29-14/h3-5,8-11,14H,2,6-7,12-13H2,1H3,(H,22,25)(H,24,26). The molecule has 1 aliphatic rings. The third kappa shape index (κ3) is 5.39. The van der Waals surface area contributed by atoms with Crippen molar-refractivity contribution in [3.8, 4) is 0 Å². The van der Waals surface area contributed by atoms with E-state index < -0.39 is 11.9 Å². The largest absolute Gasteiger partial charge is 0.462 e. The number of pyridine rings is 1. The normalized spacial score (nSPS) is 15.6. The molecule has 2 aromatic rings. The average Bonchev–Trinajstić information content (AvgIpc) is 3.26. The highest BCUT2D eigenvalue weighted by Crippen LogP contribution is 2.17. The van der Waals surface area contributed by atoms with Gasteiger partial charge in [0.05, 0.1) is 24.0 Å². The van der Waals surface area contributed by atoms with E-state index in [2.05, 4.69) is 15.6 Å². The Balaban J connectivity index is 1.68. The number of nitrogens with one attached hydrogen (secondary N) is 2. The van der Waals surface area contributed by atoms with Crippen LogP contribution in [0.2, 0.25) is 0 Å². The SMILES string of the molecule is CCOC(=O)c1ccccc1NC(=O)c1cccc(C(=O)NCC2CCCO2)n1. The van der Waals surface area contributed by atoms with Crippen molar-refractivity contribution in [2.75, 3.05) is 25.1 Å². The molecule has 0 saturated carbocycles. The lowest BCUT2D eigenvalue weighted by atomic mass is 10.1. The van der Waals surface area contributed by atoms with Crippen LogP contribution in [0.4, 0.5) is 5.69 Å². The fraction of sp³-hybridized carbons (Fsp3) is 0.333. The maximum atomic E-state index is 12.6. The number of anilines is 1. The lowest BCUT2D eigenvalue weighted by Crippen LogP contribution is -2.32. The van der Waals surface area contributed by atoms with Crippen LogP contribution >= 0.6 is 0 Å². The Kier molecular flexibility index (Phi) is 6.91. The number of hydrogen-bond donors (Lipinski definition) is 2. The summed E-state index contributed by atoms with van der Waals surface area (Å²) in [5, 5.41) is 5.43. The van der Waals surface area contributed by atoms with Crippen LogP contribution in [0.5, 0.6) is 0 Å². The number of nitrogens with zero attached hydrogens (tertiary/aromatic N) is 1. The Labute approximate surface area is 168 Å². The molecule has 2 amide bonds. The first kappa shape index (κ1) is 20.5. The number of carbonyl (C=O) groups excluding carboxylic acids is 3. The molecule has 3 rings (SSSR count). The summed E-state index contributed by atoms with van der Waals surface area (Å²) in [5.41, 5.74) is 0.752. The van der Waals surface area contributed by atoms with Crippen LogP contribution in [0.15, 0.2) is 42.5 Å². The van der Waals surface area contributed by atoms with Gasteiger partial charge in [0, 0.05) is 13.2 Å². The number of para-hydroxylation sites is 1. The van der Waals surface area contributed by atoms with Crippen molar-refractivity contribution in [2.24, 2.45) is 0 Å². The molecule has 1 atom stereocenters. The molecule has 0 bridgehead atoms. The van der Waals surface area contributed by atoms with E-state index in [1.54, 1.807) is 37.3 Å². The molecule has 2 N–H and O–H groups in total. The van der Waals surface area contributed by atoms with E-state index in [9.17, 15) is 14.4 Å². The second kappa shape index (κ2) is 9.79. The van der Waals surface area contributed by atoms with Gasteiger partial charge in [-0.25, -0.2) is 9.78 Å². The first-order chi connectivity index (χ1) is 14.1. The summed E-state index contributed by atoms with van der Waals surface area (Å²) >= 11 is 0. The number of aromatic nitrogens is 1. The van der Waals surface area contributed by atoms with Crippen molar-refractivity contribution >= 4 is 23.5 Å². The van der Waals surface area contributed by atoms with Crippen molar-refractivity contribution in [1.29, 1.82) is 0 Å². The maximum absolute atomic E-state index is 12.6. The Bertz CT molecular complexity index is 893. The first-order valence-corrected chi connectivity index (χ1v) is 9.53. The minimum atomic E-state index is -0.532. The van der Waals surface area contributed by atoms with Crippen molar-refractivity contribution < 1.29 is 23.9 Å². The lowest BCUT2D eigenvalue weighted by Gasteiger charge is -2.12. The molecule has 152 valence electrons. The first-order valence-electron chi connectivity index (χ1n) is 9.53. The van der Waals surface area contributed by atoms with Gasteiger partial charge in [-0.2, -0.15) is 0 Å². The second-order valence-electron chi connectivity index (χ2n) is 6.47. The van der Waals surface area contributed by atoms with Gasteiger partial charge in [-0.1, -0.05) is 18.2 Å². The van der Waals surface area contributed by atoms with Crippen molar-refractivity contribution in [1.82, 2.24) is 10.3 Å². The van der Waals surface area contributed by atoms with E-state index in [0.717, 1.165) is 12.8 Å². The number of esters is 1. The lowest BCUT2D eigenvalue weighted by molar-refractivity contribution is 0.0527. The molecule has 2 heterocycles. The molecule has 0 spiro atoms. The monoisotopic (exact) mass is 397 g/mol. The van der Waals surface area contributed by atoms with Gasteiger partial charge in [-0.05, 0) is 44.0 Å². The molecule has 1 fully saturated rings. The molecular formula is C21H23N3O5. The van der Waals surface area contributed by atoms with Gasteiger partial charge in [0.25, 0.3) is 11.8 Å². The van der Waals surface area contributed by atoms with Crippen LogP contribution in [0.1, 0.15) is 51.1 Å². The Hall–Kier alpha value is -3.26. The van der Waals surface area contributed by atoms with Crippen LogP contribution in [-0.4, -0.2) is 48.6 Å². The third-order valence-corrected chi connectivity index (χ3v) is 4.40. The summed E-state index contributed by atoms with van der Waals surface area (Å²) in [6, 6.07) is 11.2. The Morgan fingerprint density at radius 1 is 1.10 bits per heavy atom. The number of hydrogen-bond acceptors (Lipinski definition) is 6. The molecule has 1 aromatic heterocycles. The molecular weight excluding hydrogens is 374 g/mol. The van der Waals surface area contributed by atoms with E-state index in [0.29, 0.717) is 18.8 Å². The summed E-state index contributed by atoms with van der Waals surface area (Å²) in [6.07, 6.45) is 1.92. The molecule has 1 saturated heterocycles. The number of amides is 2. The van der Waals surface area contributed by atoms with Gasteiger partial charge in [-0.3, -0.25) is 9.59 Å². The van der Waals surface area contributed by atoms with Gasteiger partial charge in [-0.15, -0.1) is 0 Å². The number of benzene rings is 1. The number of rotatable bonds is 7. The molecule has 8 nitrogen and oxygen atoms in total. The molecule has 29 heavy (non-hydrogen) atoms. The molecule has 1 unspecified atom stereocenters. The van der Waals surface area contributed by atoms with Crippen LogP contribution in [0, 0.1) is 0 Å². The second-order valence-corrected chi connectivity index (χ2v) is 6.47. The highest BCUT2D eigenvalue weighted by molar-refractivity contribution is 6.07. The summed E-state index contributed by atoms with van der Waals surface area (Å²) < 4.78 is 10.5. The maximum Gasteiger partial charge on any atom is 0.340 e. The number of ether oxygens (including phenoxy) is 2. The molecule has 1 aromatic carbocycles. The Morgan fingerprint density at radius 3 is 2.59 bits per heavy atom. The van der Waals surface area contributed by atoms with Crippen molar-refractivity contribution in [2.45, 2.75) is 25.9 Å². The summed E-state index contributed by atoms with van der Waals surface area (Å²) in [6.45, 7) is 3.05. The van der Waals surface area contributed by atoms with Crippen LogP contribution in [0.3, 0.4) is 0 Å². The third-order valence-electron chi connectivity index (χ3n) is 4.40. The van der Waals surface area contributed by atoms with Crippen LogP contribution in [-0.2, 0) is 9.47 Å². The summed E-state index contributed by atoms with van der Waals surface area (Å²) in [7, 11) is 0. The van der Waals surface area contributed by atoms with Gasteiger partial charge in [0.1, 0.15) is 11.4 Å². The fourth-order valence-corrected chi connectivity index (χ4v) is 2.96. The van der Waals surface area contributed by atoms with Crippen LogP contribution < -0.4 is 10.6 Å². The zero-order chi connectivity index (χ0) is 20.6. The topological polar surface area (TPSA) is 107 Å². The summed E-state index contributed by atoms with van der Waals surface area (Å²) in [4.78, 5) is 41.1. The van der Waals surface area contributed by atoms with E-state index >= 15 is 0 Å². The van der Waals surface area contributed by atoms with E-state index in [1.165, 1.54) is 12.1 Å². The van der Waals surface area contributed by atoms with Gasteiger partial charge in [0.15, 0.2) is 0 Å². The molecule has 0 aliphatic carbocycles. The van der Waals surface area contributed by atoms with E-state index in [1.807, 2.05) is 0 Å². The van der Waals surface area contributed by atoms with Gasteiger partial charge in [0.2, 0.25) is 0 Å². The van der Waals surface area contributed by atoms with Gasteiger partial charge >= 0.3 is 5.97 Å². The zero-order valence-corrected chi connectivity index (χ0v) is 16.1. The quantitative estimate of drug-likeness (QED) is 0.695. The fourth-order valence-electron chi connectivity index (χ4n) is 2.96. The summed E-state index contributed by atoms with van der Waals surface area (Å²) in [5.74, 6) is -1.43. The average molecular weight is 397 g/mol. The smallest absolute Gasteiger partial charge is 0.340 e. The highest BCUT2D eigenvalue weighted by atomic mass is 16.5. The van der Waals surface area contributed by atoms with E-state index in [4.69, 9.17) is 9.47 Å². The predicted octanol–water partition coefficient (Wildman–Crippen LogP) is 2.42. The zero-order valence-electron chi connectivity index (χ0n) is 16.1. The van der Waals surface area contributed by atoms with Crippen molar-refractivity contribution in [3.63, 3.8) is 0 Å². The minimum absolute atomic E-state index is 0.0183. The predicted molar refractivity (Wildman–Crippen MR) is 106 cm³/mol. The van der Waals surface area contributed by atoms with Crippen LogP contribution in [0.25, 0.3) is 0 Å². The minimum Gasteiger partial charge on any atom is -0.462 e. The molecule has 0 radical (unpaired) electrons. The number of carbonyl (C=O) groups is 3. The van der Waals surface area contributed by atoms with Gasteiger partial charge < -0.3 is 20.1 Å².